The van der Waals surface area contributed by atoms with Crippen molar-refractivity contribution >= 4 is 6.16 Å². The maximum absolute atomic E-state index is 14.2. The predicted octanol–water partition coefficient (Wildman–Crippen LogP) is 3.99. The van der Waals surface area contributed by atoms with Crippen LogP contribution in [0.25, 0.3) is 0 Å². The molecule has 4 nitrogen and oxygen atoms in total. The predicted molar refractivity (Wildman–Crippen MR) is 73.8 cm³/mol. The highest BCUT2D eigenvalue weighted by Crippen LogP contribution is 2.37. The molecule has 0 fully saturated rings. The van der Waals surface area contributed by atoms with Crippen LogP contribution >= 0.6 is 0 Å². The van der Waals surface area contributed by atoms with Crippen molar-refractivity contribution in [3.63, 3.8) is 0 Å². The minimum Gasteiger partial charge on any atom is -0.504 e. The first-order valence-corrected chi connectivity index (χ1v) is 6.66. The lowest BCUT2D eigenvalue weighted by Gasteiger charge is -2.16. The quantitative estimate of drug-likeness (QED) is 0.634. The van der Waals surface area contributed by atoms with Crippen LogP contribution in [0.1, 0.15) is 38.8 Å². The number of ether oxygens (including phenoxy) is 1. The van der Waals surface area contributed by atoms with Gasteiger partial charge < -0.3 is 14.9 Å². The number of hydrogen-bond donors (Lipinski definition) is 2. The van der Waals surface area contributed by atoms with Crippen LogP contribution in [0, 0.1) is 17.7 Å². The molecule has 0 atom stereocenters. The summed E-state index contributed by atoms with van der Waals surface area (Å²) in [5.74, 6) is -1.36. The smallest absolute Gasteiger partial charge is 0.504 e. The van der Waals surface area contributed by atoms with Crippen molar-refractivity contribution in [3.05, 3.63) is 23.0 Å². The van der Waals surface area contributed by atoms with Crippen molar-refractivity contribution in [1.82, 2.24) is 0 Å². The third-order valence-corrected chi connectivity index (χ3v) is 2.79. The van der Waals surface area contributed by atoms with Gasteiger partial charge in [-0.2, -0.15) is 0 Å². The normalized spacial score (nSPS) is 11.2. The Morgan fingerprint density at radius 3 is 2.15 bits per heavy atom. The zero-order chi connectivity index (χ0) is 15.4. The zero-order valence-corrected chi connectivity index (χ0v) is 12.2. The van der Waals surface area contributed by atoms with Crippen molar-refractivity contribution in [2.45, 2.75) is 40.5 Å². The highest BCUT2D eigenvalue weighted by atomic mass is 19.1. The third kappa shape index (κ3) is 4.11. The van der Waals surface area contributed by atoms with E-state index >= 15 is 0 Å². The second kappa shape index (κ2) is 6.59. The van der Waals surface area contributed by atoms with Gasteiger partial charge in [0.15, 0.2) is 11.6 Å². The van der Waals surface area contributed by atoms with Gasteiger partial charge in [0.25, 0.3) is 0 Å². The third-order valence-electron chi connectivity index (χ3n) is 2.79. The fourth-order valence-corrected chi connectivity index (χ4v) is 2.10. The molecule has 0 unspecified atom stereocenters. The minimum atomic E-state index is -1.64. The van der Waals surface area contributed by atoms with E-state index in [-0.39, 0.29) is 11.8 Å². The molecular weight excluding hydrogens is 263 g/mol. The molecule has 20 heavy (non-hydrogen) atoms. The maximum Gasteiger partial charge on any atom is 0.511 e. The number of halogens is 1. The summed E-state index contributed by atoms with van der Waals surface area (Å²) in [6.45, 7) is 7.80. The lowest BCUT2D eigenvalue weighted by Crippen LogP contribution is -2.09. The number of rotatable bonds is 5. The molecule has 0 spiro atoms. The molecule has 0 saturated carbocycles. The molecule has 0 amide bonds. The van der Waals surface area contributed by atoms with Gasteiger partial charge in [0.05, 0.1) is 0 Å². The van der Waals surface area contributed by atoms with E-state index in [9.17, 15) is 14.3 Å². The van der Waals surface area contributed by atoms with E-state index in [1.54, 1.807) is 6.07 Å². The lowest BCUT2D eigenvalue weighted by molar-refractivity contribution is 0.140. The van der Waals surface area contributed by atoms with Crippen LogP contribution in [-0.2, 0) is 12.8 Å². The van der Waals surface area contributed by atoms with E-state index in [1.165, 1.54) is 0 Å². The molecule has 0 aromatic heterocycles. The molecule has 0 aliphatic carbocycles. The Kier molecular flexibility index (Phi) is 5.36. The summed E-state index contributed by atoms with van der Waals surface area (Å²) in [6, 6.07) is 1.60. The number of phenolic OH excluding ortho intramolecular Hbond substituents is 1. The molecule has 0 aliphatic heterocycles. The number of benzene rings is 1. The molecule has 0 aliphatic rings. The van der Waals surface area contributed by atoms with Gasteiger partial charge in [0.2, 0.25) is 5.75 Å². The number of hydrogen-bond acceptors (Lipinski definition) is 3. The number of phenols is 1. The van der Waals surface area contributed by atoms with Crippen molar-refractivity contribution in [2.24, 2.45) is 11.8 Å². The largest absolute Gasteiger partial charge is 0.511 e. The van der Waals surface area contributed by atoms with Gasteiger partial charge in [-0.15, -0.1) is 0 Å². The van der Waals surface area contributed by atoms with Gasteiger partial charge >= 0.3 is 6.16 Å². The van der Waals surface area contributed by atoms with E-state index < -0.39 is 23.5 Å². The SMILES string of the molecule is CC(C)Cc1cc(CC(C)C)c(F)c(OC(=O)O)c1O. The first kappa shape index (κ1) is 16.3. The molecule has 1 aromatic carbocycles. The average molecular weight is 284 g/mol. The van der Waals surface area contributed by atoms with Gasteiger partial charge in [0, 0.05) is 0 Å². The van der Waals surface area contributed by atoms with Crippen molar-refractivity contribution in [1.29, 1.82) is 0 Å². The molecule has 1 aromatic rings. The summed E-state index contributed by atoms with van der Waals surface area (Å²) in [6.07, 6.45) is -0.670. The molecule has 5 heteroatoms. The van der Waals surface area contributed by atoms with Crippen molar-refractivity contribution < 1.29 is 24.1 Å². The summed E-state index contributed by atoms with van der Waals surface area (Å²) in [7, 11) is 0. The Hall–Kier alpha value is -1.78. The lowest BCUT2D eigenvalue weighted by atomic mass is 9.95. The van der Waals surface area contributed by atoms with E-state index in [0.717, 1.165) is 0 Å². The van der Waals surface area contributed by atoms with Gasteiger partial charge in [-0.3, -0.25) is 0 Å². The molecule has 112 valence electrons. The molecule has 0 heterocycles. The standard InChI is InChI=1S/C15H21FO4/c1-8(2)5-10-7-11(6-9(3)4)13(17)14(12(10)16)20-15(18)19/h7-9,17H,5-6H2,1-4H3,(H,18,19). The zero-order valence-electron chi connectivity index (χ0n) is 12.2. The first-order valence-electron chi connectivity index (χ1n) is 6.66. The Morgan fingerprint density at radius 1 is 1.20 bits per heavy atom. The fraction of sp³-hybridized carbons (Fsp3) is 0.533. The van der Waals surface area contributed by atoms with Crippen molar-refractivity contribution in [3.8, 4) is 11.5 Å². The van der Waals surface area contributed by atoms with Crippen LogP contribution in [0.2, 0.25) is 0 Å². The highest BCUT2D eigenvalue weighted by molar-refractivity contribution is 5.64. The Morgan fingerprint density at radius 2 is 1.70 bits per heavy atom. The number of carbonyl (C=O) groups is 1. The van der Waals surface area contributed by atoms with Crippen molar-refractivity contribution in [2.75, 3.05) is 0 Å². The monoisotopic (exact) mass is 284 g/mol. The topological polar surface area (TPSA) is 66.8 Å². The minimum absolute atomic E-state index is 0.207. The maximum atomic E-state index is 14.2. The molecule has 1 rings (SSSR count). The Labute approximate surface area is 118 Å². The summed E-state index contributed by atoms with van der Waals surface area (Å²) in [4.78, 5) is 10.6. The molecule has 0 bridgehead atoms. The Balaban J connectivity index is 3.35. The van der Waals surface area contributed by atoms with E-state index in [4.69, 9.17) is 5.11 Å². The van der Waals surface area contributed by atoms with E-state index in [1.807, 2.05) is 27.7 Å². The molecule has 0 saturated heterocycles. The summed E-state index contributed by atoms with van der Waals surface area (Å²) in [5, 5.41) is 18.7. The van der Waals surface area contributed by atoms with Crippen LogP contribution in [0.3, 0.4) is 0 Å². The van der Waals surface area contributed by atoms with E-state index in [0.29, 0.717) is 24.0 Å². The summed E-state index contributed by atoms with van der Waals surface area (Å²) in [5.41, 5.74) is 0.873. The molecule has 2 N–H and O–H groups in total. The van der Waals surface area contributed by atoms with Crippen LogP contribution in [0.15, 0.2) is 6.07 Å². The van der Waals surface area contributed by atoms with Gasteiger partial charge in [-0.25, -0.2) is 9.18 Å². The average Bonchev–Trinajstić information content (AvgIpc) is 2.29. The molecule has 0 radical (unpaired) electrons. The summed E-state index contributed by atoms with van der Waals surface area (Å²) < 4.78 is 18.6. The first-order chi connectivity index (χ1) is 9.22. The van der Waals surface area contributed by atoms with Crippen LogP contribution in [-0.4, -0.2) is 16.4 Å². The number of aromatic hydroxyl groups is 1. The second-order valence-corrected chi connectivity index (χ2v) is 5.75. The van der Waals surface area contributed by atoms with Gasteiger partial charge in [-0.1, -0.05) is 27.7 Å². The second-order valence-electron chi connectivity index (χ2n) is 5.75. The van der Waals surface area contributed by atoms with Gasteiger partial charge in [-0.05, 0) is 41.9 Å². The van der Waals surface area contributed by atoms with E-state index in [2.05, 4.69) is 4.74 Å². The van der Waals surface area contributed by atoms with Crippen LogP contribution in [0.5, 0.6) is 11.5 Å². The molecular formula is C15H21FO4. The van der Waals surface area contributed by atoms with Crippen LogP contribution < -0.4 is 4.74 Å². The van der Waals surface area contributed by atoms with Gasteiger partial charge in [0.1, 0.15) is 0 Å². The highest BCUT2D eigenvalue weighted by Gasteiger charge is 2.22. The number of carboxylic acid groups (broad SMARTS) is 1. The fourth-order valence-electron chi connectivity index (χ4n) is 2.10. The Bertz CT molecular complexity index is 461. The summed E-state index contributed by atoms with van der Waals surface area (Å²) >= 11 is 0. The van der Waals surface area contributed by atoms with Crippen LogP contribution in [0.4, 0.5) is 9.18 Å².